The molecule has 0 aromatic heterocycles. The van der Waals surface area contributed by atoms with Crippen molar-refractivity contribution in [1.29, 1.82) is 0 Å². The maximum atomic E-state index is 8.36. The summed E-state index contributed by atoms with van der Waals surface area (Å²) in [6.07, 6.45) is 0. The van der Waals surface area contributed by atoms with Gasteiger partial charge in [-0.2, -0.15) is 0 Å². The molecule has 0 unspecified atom stereocenters. The van der Waals surface area contributed by atoms with Gasteiger partial charge in [0.1, 0.15) is 0 Å². The standard InChI is InChI=1S/Ba.K.2HNO3.3H/c;;2*2-1(3)4;;;/h;;2*(H,2,3,4);;;. The Labute approximate surface area is 138 Å². The second kappa shape index (κ2) is 16.9. The molecular formula is H5BaKN2O6. The van der Waals surface area contributed by atoms with E-state index in [1.807, 2.05) is 0 Å². The second-order valence-electron chi connectivity index (χ2n) is 0.476. The Kier molecular flexibility index (Phi) is 38.2. The quantitative estimate of drug-likeness (QED) is 0.295. The average molecular weight is 305 g/mol. The molecule has 0 aliphatic heterocycles. The zero-order valence-electron chi connectivity index (χ0n) is 3.42. The number of hydrogen-bond acceptors (Lipinski definition) is 4. The Bertz CT molecular complexity index is 73.7. The van der Waals surface area contributed by atoms with Crippen molar-refractivity contribution >= 4 is 100 Å². The summed E-state index contributed by atoms with van der Waals surface area (Å²) < 4.78 is 0. The molecule has 2 N–H and O–H groups in total. The molecule has 0 saturated carbocycles. The van der Waals surface area contributed by atoms with Gasteiger partial charge in [0.05, 0.1) is 0 Å². The molecule has 0 bridgehead atoms. The molecule has 0 rings (SSSR count). The van der Waals surface area contributed by atoms with Gasteiger partial charge in [-0.05, 0) is 0 Å². The fraction of sp³-hybridized carbons (Fsp3) is 0. The van der Waals surface area contributed by atoms with Crippen LogP contribution < -0.4 is 0 Å². The van der Waals surface area contributed by atoms with Crippen molar-refractivity contribution in [2.75, 3.05) is 0 Å². The van der Waals surface area contributed by atoms with Crippen LogP contribution in [0.2, 0.25) is 0 Å². The van der Waals surface area contributed by atoms with Gasteiger partial charge in [0.2, 0.25) is 0 Å². The van der Waals surface area contributed by atoms with Gasteiger partial charge < -0.3 is 10.4 Å². The summed E-state index contributed by atoms with van der Waals surface area (Å²) in [4.78, 5) is 16.7. The topological polar surface area (TPSA) is 127 Å². The monoisotopic (exact) mass is 306 g/mol. The van der Waals surface area contributed by atoms with E-state index in [1.54, 1.807) is 0 Å². The first-order chi connectivity index (χ1) is 3.46. The van der Waals surface area contributed by atoms with Crippen molar-refractivity contribution in [1.82, 2.24) is 0 Å². The Balaban J connectivity index is -0.0000000300. The van der Waals surface area contributed by atoms with Crippen molar-refractivity contribution in [2.24, 2.45) is 0 Å². The van der Waals surface area contributed by atoms with Gasteiger partial charge in [-0.3, -0.25) is 0 Å². The second-order valence-corrected chi connectivity index (χ2v) is 0.476. The first-order valence-electron chi connectivity index (χ1n) is 1.13. The Hall–Kier alpha value is 1.61. The fourth-order valence-corrected chi connectivity index (χ4v) is 0. The summed E-state index contributed by atoms with van der Waals surface area (Å²) in [6, 6.07) is 0. The molecule has 0 spiro atoms. The van der Waals surface area contributed by atoms with E-state index in [-0.39, 0.29) is 100 Å². The molecule has 54 valence electrons. The normalized spacial score (nSPS) is 4.80. The van der Waals surface area contributed by atoms with Gasteiger partial charge in [0.15, 0.2) is 0 Å². The number of rotatable bonds is 0. The van der Waals surface area contributed by atoms with Crippen LogP contribution in [-0.4, -0.2) is 121 Å². The van der Waals surface area contributed by atoms with Crippen LogP contribution in [0.3, 0.4) is 0 Å². The van der Waals surface area contributed by atoms with E-state index in [9.17, 15) is 0 Å². The van der Waals surface area contributed by atoms with Crippen LogP contribution in [0.15, 0.2) is 0 Å². The molecule has 10 heavy (non-hydrogen) atoms. The molecule has 0 heterocycles. The van der Waals surface area contributed by atoms with E-state index in [0.29, 0.717) is 0 Å². The molecule has 10 heteroatoms. The van der Waals surface area contributed by atoms with Gasteiger partial charge in [-0.1, -0.05) is 0 Å². The molecule has 0 atom stereocenters. The Morgan fingerprint density at radius 2 is 1.00 bits per heavy atom. The molecule has 8 nitrogen and oxygen atoms in total. The zero-order chi connectivity index (χ0) is 7.15. The first-order valence-corrected chi connectivity index (χ1v) is 1.13. The van der Waals surface area contributed by atoms with E-state index < -0.39 is 10.2 Å². The molecule has 0 aliphatic carbocycles. The van der Waals surface area contributed by atoms with Crippen LogP contribution in [0.5, 0.6) is 0 Å². The van der Waals surface area contributed by atoms with Crippen molar-refractivity contribution in [3.05, 3.63) is 20.2 Å². The van der Waals surface area contributed by atoms with E-state index in [2.05, 4.69) is 0 Å². The van der Waals surface area contributed by atoms with Crippen molar-refractivity contribution in [3.8, 4) is 0 Å². The molecule has 0 aliphatic rings. The average Bonchev–Trinajstić information content (AvgIpc) is 1.25. The SMILES string of the molecule is O=[N+]([O-])O.O=[N+]([O-])O.[BaH2].[KH]. The molecule has 0 saturated heterocycles. The van der Waals surface area contributed by atoms with Gasteiger partial charge >= 0.3 is 100 Å². The molecule has 0 aromatic carbocycles. The predicted octanol–water partition coefficient (Wildman–Crippen LogP) is -2.26. The van der Waals surface area contributed by atoms with Crippen LogP contribution in [0.4, 0.5) is 0 Å². The molecule has 0 fully saturated rings. The Morgan fingerprint density at radius 3 is 1.00 bits per heavy atom. The summed E-state index contributed by atoms with van der Waals surface area (Å²) in [5.41, 5.74) is 0. The predicted molar refractivity (Wildman–Crippen MR) is 33.3 cm³/mol. The molecular weight excluding hydrogens is 300 g/mol. The van der Waals surface area contributed by atoms with E-state index in [1.165, 1.54) is 0 Å². The first kappa shape index (κ1) is 22.6. The maximum absolute atomic E-state index is 8.36. The van der Waals surface area contributed by atoms with E-state index in [0.717, 1.165) is 0 Å². The summed E-state index contributed by atoms with van der Waals surface area (Å²) in [6.45, 7) is 0. The third-order valence-electron chi connectivity index (χ3n) is 0. The van der Waals surface area contributed by atoms with Crippen molar-refractivity contribution in [3.63, 3.8) is 0 Å². The molecule has 0 radical (unpaired) electrons. The summed E-state index contributed by atoms with van der Waals surface area (Å²) in [5, 5.41) is 27.3. The van der Waals surface area contributed by atoms with Gasteiger partial charge in [0.25, 0.3) is 10.2 Å². The fourth-order valence-electron chi connectivity index (χ4n) is 0. The molecule has 0 aromatic rings. The summed E-state index contributed by atoms with van der Waals surface area (Å²) in [7, 11) is 0. The van der Waals surface area contributed by atoms with Gasteiger partial charge in [-0.25, -0.2) is 0 Å². The van der Waals surface area contributed by atoms with E-state index >= 15 is 0 Å². The Morgan fingerprint density at radius 1 is 1.00 bits per heavy atom. The molecule has 0 amide bonds. The number of hydrogen-bond donors (Lipinski definition) is 2. The van der Waals surface area contributed by atoms with Gasteiger partial charge in [-0.15, -0.1) is 20.2 Å². The van der Waals surface area contributed by atoms with Crippen molar-refractivity contribution < 1.29 is 20.6 Å². The van der Waals surface area contributed by atoms with Crippen LogP contribution in [0.1, 0.15) is 0 Å². The summed E-state index contributed by atoms with van der Waals surface area (Å²) >= 11 is 0. The van der Waals surface area contributed by atoms with Crippen LogP contribution >= 0.6 is 0 Å². The minimum absolute atomic E-state index is 0. The minimum atomic E-state index is -1.50. The zero-order valence-corrected chi connectivity index (χ0v) is 3.42. The van der Waals surface area contributed by atoms with Gasteiger partial charge in [0, 0.05) is 0 Å². The van der Waals surface area contributed by atoms with Crippen molar-refractivity contribution in [2.45, 2.75) is 0 Å². The number of nitrogens with zero attached hydrogens (tertiary/aromatic N) is 2. The van der Waals surface area contributed by atoms with Crippen LogP contribution in [0.25, 0.3) is 0 Å². The third-order valence-corrected chi connectivity index (χ3v) is 0. The van der Waals surface area contributed by atoms with Crippen LogP contribution in [-0.2, 0) is 0 Å². The third kappa shape index (κ3) is 275. The van der Waals surface area contributed by atoms with E-state index in [4.69, 9.17) is 30.6 Å². The van der Waals surface area contributed by atoms with Crippen LogP contribution in [0, 0.1) is 20.2 Å². The summed E-state index contributed by atoms with van der Waals surface area (Å²) in [5.74, 6) is 0.